The highest BCUT2D eigenvalue weighted by Crippen LogP contribution is 2.26. The first-order valence-corrected chi connectivity index (χ1v) is 7.19. The first kappa shape index (κ1) is 14.1. The quantitative estimate of drug-likeness (QED) is 0.576. The summed E-state index contributed by atoms with van der Waals surface area (Å²) in [6.07, 6.45) is 6.68. The molecule has 24 heavy (non-hydrogen) atoms. The van der Waals surface area contributed by atoms with Crippen LogP contribution in [0.5, 0.6) is 5.75 Å². The standard InChI is InChI=1S/C17H12N4O3/c1-23-13-6-2-5-12-14(13)17(22)24-16(20-12)11-4-3-7-19-15(11)21-9-8-18-10-21/h2-10H,1H3. The molecule has 0 unspecified atom stereocenters. The van der Waals surface area contributed by atoms with E-state index < -0.39 is 5.63 Å². The summed E-state index contributed by atoms with van der Waals surface area (Å²) in [5.74, 6) is 1.20. The van der Waals surface area contributed by atoms with Crippen LogP contribution >= 0.6 is 0 Å². The fourth-order valence-corrected chi connectivity index (χ4v) is 2.53. The van der Waals surface area contributed by atoms with Gasteiger partial charge in [0.2, 0.25) is 5.89 Å². The molecule has 0 radical (unpaired) electrons. The first-order chi connectivity index (χ1) is 11.8. The van der Waals surface area contributed by atoms with Crippen LogP contribution in [0.3, 0.4) is 0 Å². The molecule has 0 aliphatic heterocycles. The van der Waals surface area contributed by atoms with Gasteiger partial charge in [0.25, 0.3) is 0 Å². The van der Waals surface area contributed by atoms with Crippen molar-refractivity contribution in [2.45, 2.75) is 0 Å². The van der Waals surface area contributed by atoms with Gasteiger partial charge in [0, 0.05) is 18.6 Å². The molecule has 118 valence electrons. The van der Waals surface area contributed by atoms with Gasteiger partial charge in [0.05, 0.1) is 18.2 Å². The van der Waals surface area contributed by atoms with Gasteiger partial charge in [-0.3, -0.25) is 4.57 Å². The van der Waals surface area contributed by atoms with Crippen molar-refractivity contribution in [3.8, 4) is 23.0 Å². The van der Waals surface area contributed by atoms with Gasteiger partial charge in [0.15, 0.2) is 5.82 Å². The number of benzene rings is 1. The van der Waals surface area contributed by atoms with Crippen LogP contribution < -0.4 is 10.4 Å². The molecule has 0 N–H and O–H groups in total. The zero-order chi connectivity index (χ0) is 16.5. The molecule has 4 aromatic rings. The van der Waals surface area contributed by atoms with E-state index in [0.717, 1.165) is 0 Å². The van der Waals surface area contributed by atoms with Gasteiger partial charge in [-0.25, -0.2) is 19.7 Å². The molecular weight excluding hydrogens is 308 g/mol. The summed E-state index contributed by atoms with van der Waals surface area (Å²) in [7, 11) is 1.50. The number of hydrogen-bond acceptors (Lipinski definition) is 6. The minimum Gasteiger partial charge on any atom is -0.496 e. The molecule has 0 aliphatic carbocycles. The minimum absolute atomic E-state index is 0.192. The lowest BCUT2D eigenvalue weighted by Gasteiger charge is -2.08. The van der Waals surface area contributed by atoms with E-state index in [4.69, 9.17) is 9.15 Å². The van der Waals surface area contributed by atoms with Gasteiger partial charge in [-0.1, -0.05) is 6.07 Å². The summed E-state index contributed by atoms with van der Waals surface area (Å²) in [6, 6.07) is 8.76. The van der Waals surface area contributed by atoms with E-state index in [1.54, 1.807) is 59.8 Å². The summed E-state index contributed by atoms with van der Waals surface area (Å²) in [4.78, 5) is 25.2. The van der Waals surface area contributed by atoms with E-state index in [9.17, 15) is 4.79 Å². The predicted octanol–water partition coefficient (Wildman–Crippen LogP) is 2.44. The zero-order valence-electron chi connectivity index (χ0n) is 12.7. The van der Waals surface area contributed by atoms with Crippen molar-refractivity contribution in [1.29, 1.82) is 0 Å². The first-order valence-electron chi connectivity index (χ1n) is 7.19. The van der Waals surface area contributed by atoms with Gasteiger partial charge in [-0.05, 0) is 24.3 Å². The summed E-state index contributed by atoms with van der Waals surface area (Å²) >= 11 is 0. The van der Waals surface area contributed by atoms with Crippen LogP contribution in [0.4, 0.5) is 0 Å². The van der Waals surface area contributed by atoms with E-state index in [1.807, 2.05) is 0 Å². The van der Waals surface area contributed by atoms with Gasteiger partial charge in [-0.15, -0.1) is 0 Å². The Morgan fingerprint density at radius 2 is 2.08 bits per heavy atom. The van der Waals surface area contributed by atoms with Crippen molar-refractivity contribution < 1.29 is 9.15 Å². The molecule has 0 saturated carbocycles. The van der Waals surface area contributed by atoms with Crippen molar-refractivity contribution in [3.05, 3.63) is 65.7 Å². The molecule has 0 spiro atoms. The molecule has 1 aromatic carbocycles. The molecule has 0 atom stereocenters. The monoisotopic (exact) mass is 320 g/mol. The van der Waals surface area contributed by atoms with Crippen molar-refractivity contribution >= 4 is 10.9 Å². The van der Waals surface area contributed by atoms with Crippen LogP contribution in [0.15, 0.2) is 64.5 Å². The third kappa shape index (κ3) is 2.23. The van der Waals surface area contributed by atoms with Gasteiger partial charge < -0.3 is 9.15 Å². The Kier molecular flexibility index (Phi) is 3.31. The van der Waals surface area contributed by atoms with Gasteiger partial charge in [0.1, 0.15) is 17.5 Å². The number of hydrogen-bond donors (Lipinski definition) is 0. The topological polar surface area (TPSA) is 83.0 Å². The van der Waals surface area contributed by atoms with E-state index in [0.29, 0.717) is 28.0 Å². The van der Waals surface area contributed by atoms with Gasteiger partial charge in [-0.2, -0.15) is 0 Å². The van der Waals surface area contributed by atoms with Crippen LogP contribution in [0.25, 0.3) is 28.2 Å². The molecule has 7 nitrogen and oxygen atoms in total. The van der Waals surface area contributed by atoms with E-state index in [1.165, 1.54) is 7.11 Å². The van der Waals surface area contributed by atoms with E-state index in [2.05, 4.69) is 15.0 Å². The third-order valence-corrected chi connectivity index (χ3v) is 3.61. The van der Waals surface area contributed by atoms with Crippen LogP contribution in [0.2, 0.25) is 0 Å². The molecule has 0 aliphatic rings. The van der Waals surface area contributed by atoms with Crippen molar-refractivity contribution in [2.75, 3.05) is 7.11 Å². The maximum Gasteiger partial charge on any atom is 0.350 e. The van der Waals surface area contributed by atoms with Crippen LogP contribution in [0.1, 0.15) is 0 Å². The SMILES string of the molecule is COc1cccc2nc(-c3cccnc3-n3ccnc3)oc(=O)c12. The Labute approximate surface area is 136 Å². The smallest absolute Gasteiger partial charge is 0.350 e. The Morgan fingerprint density at radius 3 is 2.88 bits per heavy atom. The number of nitrogens with zero attached hydrogens (tertiary/aromatic N) is 4. The molecular formula is C17H12N4O3. The Hall–Kier alpha value is -3.48. The fourth-order valence-electron chi connectivity index (χ4n) is 2.53. The highest BCUT2D eigenvalue weighted by Gasteiger charge is 2.16. The average molecular weight is 320 g/mol. The maximum atomic E-state index is 12.4. The number of rotatable bonds is 3. The normalized spacial score (nSPS) is 10.9. The number of imidazole rings is 1. The number of pyridine rings is 1. The highest BCUT2D eigenvalue weighted by atomic mass is 16.5. The van der Waals surface area contributed by atoms with Crippen LogP contribution in [-0.4, -0.2) is 26.6 Å². The number of methoxy groups -OCH3 is 1. The van der Waals surface area contributed by atoms with E-state index in [-0.39, 0.29) is 5.89 Å². The number of ether oxygens (including phenoxy) is 1. The molecule has 3 heterocycles. The van der Waals surface area contributed by atoms with Crippen molar-refractivity contribution in [2.24, 2.45) is 0 Å². The Bertz CT molecular complexity index is 1070. The summed E-state index contributed by atoms with van der Waals surface area (Å²) in [5.41, 5.74) is 0.589. The lowest BCUT2D eigenvalue weighted by atomic mass is 10.2. The van der Waals surface area contributed by atoms with Gasteiger partial charge >= 0.3 is 5.63 Å². The number of fused-ring (bicyclic) bond motifs is 1. The predicted molar refractivity (Wildman–Crippen MR) is 87.2 cm³/mol. The maximum absolute atomic E-state index is 12.4. The second kappa shape index (κ2) is 5.62. The number of aromatic nitrogens is 4. The lowest BCUT2D eigenvalue weighted by Crippen LogP contribution is -2.06. The third-order valence-electron chi connectivity index (χ3n) is 3.61. The Balaban J connectivity index is 1.98. The lowest BCUT2D eigenvalue weighted by molar-refractivity contribution is 0.416. The van der Waals surface area contributed by atoms with Crippen molar-refractivity contribution in [3.63, 3.8) is 0 Å². The summed E-state index contributed by atoms with van der Waals surface area (Å²) in [5, 5.41) is 0.317. The molecule has 4 rings (SSSR count). The average Bonchev–Trinajstić information content (AvgIpc) is 3.15. The molecule has 7 heteroatoms. The molecule has 0 saturated heterocycles. The Morgan fingerprint density at radius 1 is 1.17 bits per heavy atom. The molecule has 0 fully saturated rings. The largest absolute Gasteiger partial charge is 0.496 e. The second-order valence-electron chi connectivity index (χ2n) is 5.01. The molecule has 3 aromatic heterocycles. The summed E-state index contributed by atoms with van der Waals surface area (Å²) in [6.45, 7) is 0. The second-order valence-corrected chi connectivity index (χ2v) is 5.01. The van der Waals surface area contributed by atoms with Crippen LogP contribution in [0, 0.1) is 0 Å². The fraction of sp³-hybridized carbons (Fsp3) is 0.0588. The minimum atomic E-state index is -0.507. The molecule has 0 bridgehead atoms. The van der Waals surface area contributed by atoms with E-state index >= 15 is 0 Å². The summed E-state index contributed by atoms with van der Waals surface area (Å²) < 4.78 is 12.4. The van der Waals surface area contributed by atoms with Crippen molar-refractivity contribution in [1.82, 2.24) is 19.5 Å². The van der Waals surface area contributed by atoms with Crippen LogP contribution in [-0.2, 0) is 0 Å². The molecule has 0 amide bonds. The zero-order valence-corrected chi connectivity index (χ0v) is 12.7. The highest BCUT2D eigenvalue weighted by molar-refractivity contribution is 5.85.